The SMILES string of the molecule is O=C(O)c1cc(F)ccc1Oc1nc(C(F)(F)F)ns1. The molecule has 1 aromatic heterocycles. The van der Waals surface area contributed by atoms with E-state index in [4.69, 9.17) is 9.84 Å². The molecule has 5 nitrogen and oxygen atoms in total. The van der Waals surface area contributed by atoms with Crippen molar-refractivity contribution in [2.45, 2.75) is 6.18 Å². The van der Waals surface area contributed by atoms with Crippen molar-refractivity contribution in [1.82, 2.24) is 9.36 Å². The van der Waals surface area contributed by atoms with Gasteiger partial charge in [-0.05, 0) is 18.2 Å². The fourth-order valence-corrected chi connectivity index (χ4v) is 1.78. The lowest BCUT2D eigenvalue weighted by Crippen LogP contribution is -2.07. The van der Waals surface area contributed by atoms with Crippen molar-refractivity contribution in [3.05, 3.63) is 35.4 Å². The van der Waals surface area contributed by atoms with Crippen LogP contribution in [0.15, 0.2) is 18.2 Å². The Morgan fingerprint density at radius 2 is 2.05 bits per heavy atom. The van der Waals surface area contributed by atoms with Gasteiger partial charge in [-0.25, -0.2) is 9.18 Å². The predicted octanol–water partition coefficient (Wildman–Crippen LogP) is 3.19. The normalized spacial score (nSPS) is 11.4. The molecule has 0 unspecified atom stereocenters. The number of rotatable bonds is 3. The average molecular weight is 308 g/mol. The Bertz CT molecular complexity index is 656. The molecule has 2 aromatic rings. The maximum atomic E-state index is 12.9. The molecule has 0 amide bonds. The largest absolute Gasteiger partial charge is 0.478 e. The summed E-state index contributed by atoms with van der Waals surface area (Å²) in [7, 11) is 0. The summed E-state index contributed by atoms with van der Waals surface area (Å²) in [5.74, 6) is -4.02. The van der Waals surface area contributed by atoms with E-state index in [1.807, 2.05) is 0 Å². The van der Waals surface area contributed by atoms with Gasteiger partial charge in [0.15, 0.2) is 0 Å². The van der Waals surface area contributed by atoms with E-state index in [-0.39, 0.29) is 5.75 Å². The van der Waals surface area contributed by atoms with Crippen LogP contribution in [0.2, 0.25) is 0 Å². The van der Waals surface area contributed by atoms with Crippen molar-refractivity contribution in [2.24, 2.45) is 0 Å². The number of aromatic carboxylic acids is 1. The first-order chi connectivity index (χ1) is 9.27. The van der Waals surface area contributed by atoms with Gasteiger partial charge in [0.1, 0.15) is 17.1 Å². The molecule has 106 valence electrons. The Balaban J connectivity index is 2.31. The maximum Gasteiger partial charge on any atom is 0.452 e. The Kier molecular flexibility index (Phi) is 3.57. The van der Waals surface area contributed by atoms with Gasteiger partial charge in [-0.1, -0.05) is 0 Å². The average Bonchev–Trinajstić information content (AvgIpc) is 2.79. The van der Waals surface area contributed by atoms with Gasteiger partial charge in [0.25, 0.3) is 11.0 Å². The maximum absolute atomic E-state index is 12.9. The summed E-state index contributed by atoms with van der Waals surface area (Å²) in [5.41, 5.74) is -0.534. The van der Waals surface area contributed by atoms with Crippen LogP contribution in [0.4, 0.5) is 17.6 Å². The standard InChI is InChI=1S/C10H4F4N2O3S/c11-4-1-2-6(5(3-4)7(17)18)19-9-15-8(16-20-9)10(12,13)14/h1-3H,(H,17,18). The molecule has 0 bridgehead atoms. The minimum absolute atomic E-state index is 0.306. The number of aromatic nitrogens is 2. The summed E-state index contributed by atoms with van der Waals surface area (Å²) < 4.78 is 57.7. The van der Waals surface area contributed by atoms with Gasteiger partial charge >= 0.3 is 12.1 Å². The van der Waals surface area contributed by atoms with Gasteiger partial charge in [-0.15, -0.1) is 0 Å². The van der Waals surface area contributed by atoms with Crippen LogP contribution in [0.25, 0.3) is 0 Å². The summed E-state index contributed by atoms with van der Waals surface area (Å²) in [4.78, 5) is 13.9. The molecule has 1 aromatic carbocycles. The minimum Gasteiger partial charge on any atom is -0.478 e. The molecule has 0 aliphatic heterocycles. The fourth-order valence-electron chi connectivity index (χ4n) is 1.22. The van der Waals surface area contributed by atoms with E-state index in [1.165, 1.54) is 0 Å². The molecule has 0 saturated carbocycles. The third kappa shape index (κ3) is 3.02. The minimum atomic E-state index is -4.73. The molecular weight excluding hydrogens is 304 g/mol. The quantitative estimate of drug-likeness (QED) is 0.882. The molecule has 2 rings (SSSR count). The summed E-state index contributed by atoms with van der Waals surface area (Å²) in [5, 5.41) is 8.35. The van der Waals surface area contributed by atoms with Gasteiger partial charge in [0.2, 0.25) is 0 Å². The lowest BCUT2D eigenvalue weighted by Gasteiger charge is -2.05. The number of ether oxygens (including phenoxy) is 1. The van der Waals surface area contributed by atoms with Crippen LogP contribution in [-0.4, -0.2) is 20.4 Å². The predicted molar refractivity (Wildman–Crippen MR) is 58.3 cm³/mol. The molecule has 0 fully saturated rings. The molecule has 0 spiro atoms. The zero-order valence-electron chi connectivity index (χ0n) is 9.31. The van der Waals surface area contributed by atoms with Crippen molar-refractivity contribution in [1.29, 1.82) is 0 Å². The number of hydrogen-bond donors (Lipinski definition) is 1. The lowest BCUT2D eigenvalue weighted by atomic mass is 10.2. The third-order valence-corrected chi connectivity index (χ3v) is 2.63. The number of carboxylic acids is 1. The molecule has 0 radical (unpaired) electrons. The zero-order chi connectivity index (χ0) is 14.9. The number of nitrogens with zero attached hydrogens (tertiary/aromatic N) is 2. The van der Waals surface area contributed by atoms with E-state index < -0.39 is 34.5 Å². The second-order valence-electron chi connectivity index (χ2n) is 3.43. The smallest absolute Gasteiger partial charge is 0.452 e. The van der Waals surface area contributed by atoms with Crippen LogP contribution in [0.1, 0.15) is 16.2 Å². The first kappa shape index (κ1) is 14.2. The van der Waals surface area contributed by atoms with Crippen LogP contribution in [0.5, 0.6) is 10.9 Å². The van der Waals surface area contributed by atoms with E-state index in [9.17, 15) is 22.4 Å². The van der Waals surface area contributed by atoms with Crippen LogP contribution >= 0.6 is 11.5 Å². The fraction of sp³-hybridized carbons (Fsp3) is 0.100. The molecule has 0 aliphatic rings. The molecular formula is C10H4F4N2O3S. The second kappa shape index (κ2) is 5.04. The lowest BCUT2D eigenvalue weighted by molar-refractivity contribution is -0.144. The van der Waals surface area contributed by atoms with Crippen LogP contribution in [-0.2, 0) is 6.18 Å². The molecule has 1 heterocycles. The van der Waals surface area contributed by atoms with Crippen LogP contribution in [0.3, 0.4) is 0 Å². The first-order valence-corrected chi connectivity index (χ1v) is 5.66. The molecule has 1 N–H and O–H groups in total. The number of carboxylic acid groups (broad SMARTS) is 1. The third-order valence-electron chi connectivity index (χ3n) is 2.03. The molecule has 10 heteroatoms. The molecule has 0 aliphatic carbocycles. The van der Waals surface area contributed by atoms with Gasteiger partial charge in [0, 0.05) is 11.5 Å². The number of alkyl halides is 3. The Labute approximate surface area is 112 Å². The topological polar surface area (TPSA) is 72.3 Å². The highest BCUT2D eigenvalue weighted by Gasteiger charge is 2.36. The van der Waals surface area contributed by atoms with Crippen molar-refractivity contribution >= 4 is 17.5 Å². The highest BCUT2D eigenvalue weighted by Crippen LogP contribution is 2.32. The summed E-state index contributed by atoms with van der Waals surface area (Å²) in [6.07, 6.45) is -4.73. The second-order valence-corrected chi connectivity index (χ2v) is 4.14. The number of halogens is 4. The Hall–Kier alpha value is -2.23. The van der Waals surface area contributed by atoms with Crippen LogP contribution < -0.4 is 4.74 Å². The highest BCUT2D eigenvalue weighted by molar-refractivity contribution is 7.07. The van der Waals surface area contributed by atoms with E-state index in [2.05, 4.69) is 9.36 Å². The van der Waals surface area contributed by atoms with Gasteiger partial charge in [-0.2, -0.15) is 22.5 Å². The van der Waals surface area contributed by atoms with E-state index in [0.717, 1.165) is 12.1 Å². The van der Waals surface area contributed by atoms with Crippen LogP contribution in [0, 0.1) is 5.82 Å². The summed E-state index contributed by atoms with van der Waals surface area (Å²) in [6.45, 7) is 0. The zero-order valence-corrected chi connectivity index (χ0v) is 10.1. The number of carbonyl (C=O) groups is 1. The number of hydrogen-bond acceptors (Lipinski definition) is 5. The van der Waals surface area contributed by atoms with Crippen molar-refractivity contribution in [2.75, 3.05) is 0 Å². The van der Waals surface area contributed by atoms with Gasteiger partial charge < -0.3 is 9.84 Å². The molecule has 0 atom stereocenters. The van der Waals surface area contributed by atoms with E-state index in [0.29, 0.717) is 17.6 Å². The monoisotopic (exact) mass is 308 g/mol. The molecule has 20 heavy (non-hydrogen) atoms. The van der Waals surface area contributed by atoms with E-state index in [1.54, 1.807) is 0 Å². The summed E-state index contributed by atoms with van der Waals surface area (Å²) in [6, 6.07) is 2.57. The van der Waals surface area contributed by atoms with E-state index >= 15 is 0 Å². The van der Waals surface area contributed by atoms with Crippen molar-refractivity contribution < 1.29 is 32.2 Å². The Morgan fingerprint density at radius 3 is 2.60 bits per heavy atom. The van der Waals surface area contributed by atoms with Gasteiger partial charge in [-0.3, -0.25) is 0 Å². The van der Waals surface area contributed by atoms with Crippen molar-refractivity contribution in [3.63, 3.8) is 0 Å². The summed E-state index contributed by atoms with van der Waals surface area (Å²) >= 11 is 0.306. The number of benzene rings is 1. The van der Waals surface area contributed by atoms with Crippen molar-refractivity contribution in [3.8, 4) is 10.9 Å². The Morgan fingerprint density at radius 1 is 1.35 bits per heavy atom. The first-order valence-electron chi connectivity index (χ1n) is 4.89. The molecule has 0 saturated heterocycles. The highest BCUT2D eigenvalue weighted by atomic mass is 32.1. The van der Waals surface area contributed by atoms with Gasteiger partial charge in [0.05, 0.1) is 0 Å².